The highest BCUT2D eigenvalue weighted by Crippen LogP contribution is 2.17. The first-order valence-corrected chi connectivity index (χ1v) is 4.01. The summed E-state index contributed by atoms with van der Waals surface area (Å²) in [7, 11) is 3.12. The quantitative estimate of drug-likeness (QED) is 0.568. The second-order valence-electron chi connectivity index (χ2n) is 2.62. The minimum absolute atomic E-state index is 0.240. The number of nitrogens with one attached hydrogen (secondary N) is 1. The standard InChI is InChI=1S/C10H13NO2/c1-12-9-6-4-3-5-8(9)7-10(11)13-2/h3-6,11H,7H2,1-2H3. The molecule has 3 heteroatoms. The van der Waals surface area contributed by atoms with Crippen molar-refractivity contribution in [2.45, 2.75) is 6.42 Å². The van der Waals surface area contributed by atoms with Gasteiger partial charge in [-0.3, -0.25) is 5.41 Å². The lowest BCUT2D eigenvalue weighted by Gasteiger charge is -2.07. The molecule has 70 valence electrons. The molecule has 0 saturated carbocycles. The normalized spacial score (nSPS) is 9.38. The van der Waals surface area contributed by atoms with E-state index in [4.69, 9.17) is 14.9 Å². The summed E-state index contributed by atoms with van der Waals surface area (Å²) in [4.78, 5) is 0. The van der Waals surface area contributed by atoms with Crippen LogP contribution in [0.2, 0.25) is 0 Å². The van der Waals surface area contributed by atoms with E-state index in [2.05, 4.69) is 0 Å². The van der Waals surface area contributed by atoms with Crippen molar-refractivity contribution in [3.05, 3.63) is 29.8 Å². The van der Waals surface area contributed by atoms with Gasteiger partial charge in [0.1, 0.15) is 5.75 Å². The Labute approximate surface area is 77.8 Å². The van der Waals surface area contributed by atoms with Crippen LogP contribution in [0.4, 0.5) is 0 Å². The van der Waals surface area contributed by atoms with Crippen LogP contribution < -0.4 is 4.74 Å². The average Bonchev–Trinajstić information content (AvgIpc) is 2.18. The lowest BCUT2D eigenvalue weighted by molar-refractivity contribution is 0.385. The molecule has 1 aromatic rings. The van der Waals surface area contributed by atoms with Crippen LogP contribution in [0.25, 0.3) is 0 Å². The van der Waals surface area contributed by atoms with Gasteiger partial charge in [0.05, 0.1) is 20.6 Å². The van der Waals surface area contributed by atoms with E-state index in [1.165, 1.54) is 7.11 Å². The lowest BCUT2D eigenvalue weighted by Crippen LogP contribution is -2.04. The smallest absolute Gasteiger partial charge is 0.184 e. The van der Waals surface area contributed by atoms with Crippen LogP contribution in [0, 0.1) is 5.41 Å². The Bertz CT molecular complexity index is 297. The van der Waals surface area contributed by atoms with Crippen LogP contribution in [0.15, 0.2) is 24.3 Å². The molecule has 1 N–H and O–H groups in total. The zero-order valence-electron chi connectivity index (χ0n) is 7.83. The van der Waals surface area contributed by atoms with Crippen LogP contribution in [0.5, 0.6) is 5.75 Å². The second kappa shape index (κ2) is 4.50. The molecule has 0 fully saturated rings. The number of benzene rings is 1. The Kier molecular flexibility index (Phi) is 3.31. The zero-order valence-corrected chi connectivity index (χ0v) is 7.83. The van der Waals surface area contributed by atoms with E-state index in [1.807, 2.05) is 24.3 Å². The Hall–Kier alpha value is -1.51. The third-order valence-corrected chi connectivity index (χ3v) is 1.79. The molecule has 0 radical (unpaired) electrons. The highest BCUT2D eigenvalue weighted by molar-refractivity contribution is 5.76. The fourth-order valence-corrected chi connectivity index (χ4v) is 1.09. The van der Waals surface area contributed by atoms with Crippen LogP contribution in [-0.4, -0.2) is 20.1 Å². The molecule has 0 aliphatic heterocycles. The molecule has 0 aromatic heterocycles. The van der Waals surface area contributed by atoms with E-state index in [-0.39, 0.29) is 5.90 Å². The molecule has 1 aromatic carbocycles. The zero-order chi connectivity index (χ0) is 9.68. The van der Waals surface area contributed by atoms with Crippen molar-refractivity contribution >= 4 is 5.90 Å². The first kappa shape index (κ1) is 9.58. The Morgan fingerprint density at radius 2 is 2.00 bits per heavy atom. The SMILES string of the molecule is COC(=N)Cc1ccccc1OC. The van der Waals surface area contributed by atoms with Crippen molar-refractivity contribution < 1.29 is 9.47 Å². The molecule has 1 rings (SSSR count). The van der Waals surface area contributed by atoms with Gasteiger partial charge in [-0.2, -0.15) is 0 Å². The van der Waals surface area contributed by atoms with Gasteiger partial charge in [-0.1, -0.05) is 18.2 Å². The Morgan fingerprint density at radius 3 is 2.62 bits per heavy atom. The first-order chi connectivity index (χ1) is 6.27. The summed E-state index contributed by atoms with van der Waals surface area (Å²) < 4.78 is 9.92. The molecule has 0 bridgehead atoms. The van der Waals surface area contributed by atoms with Gasteiger partial charge in [-0.25, -0.2) is 0 Å². The van der Waals surface area contributed by atoms with Gasteiger partial charge < -0.3 is 9.47 Å². The number of hydrogen-bond donors (Lipinski definition) is 1. The maximum atomic E-state index is 7.37. The summed E-state index contributed by atoms with van der Waals surface area (Å²) in [5.74, 6) is 1.04. The molecule has 13 heavy (non-hydrogen) atoms. The Morgan fingerprint density at radius 1 is 1.31 bits per heavy atom. The van der Waals surface area contributed by atoms with E-state index in [0.717, 1.165) is 11.3 Å². The third kappa shape index (κ3) is 2.47. The van der Waals surface area contributed by atoms with E-state index in [0.29, 0.717) is 6.42 Å². The highest BCUT2D eigenvalue weighted by Gasteiger charge is 2.04. The average molecular weight is 179 g/mol. The van der Waals surface area contributed by atoms with Crippen LogP contribution in [0.1, 0.15) is 5.56 Å². The summed E-state index contributed by atoms with van der Waals surface area (Å²) in [5.41, 5.74) is 0.969. The first-order valence-electron chi connectivity index (χ1n) is 4.01. The number of ether oxygens (including phenoxy) is 2. The summed E-state index contributed by atoms with van der Waals surface area (Å²) in [6.45, 7) is 0. The minimum atomic E-state index is 0.240. The van der Waals surface area contributed by atoms with Crippen LogP contribution in [-0.2, 0) is 11.2 Å². The number of rotatable bonds is 3. The maximum absolute atomic E-state index is 7.37. The fraction of sp³-hybridized carbons (Fsp3) is 0.300. The number of hydrogen-bond acceptors (Lipinski definition) is 3. The number of methoxy groups -OCH3 is 2. The van der Waals surface area contributed by atoms with Gasteiger partial charge in [-0.05, 0) is 6.07 Å². The van der Waals surface area contributed by atoms with Crippen molar-refractivity contribution in [3.63, 3.8) is 0 Å². The van der Waals surface area contributed by atoms with E-state index < -0.39 is 0 Å². The largest absolute Gasteiger partial charge is 0.496 e. The molecule has 0 aliphatic carbocycles. The molecule has 0 amide bonds. The van der Waals surface area contributed by atoms with Gasteiger partial charge in [0.15, 0.2) is 5.90 Å². The van der Waals surface area contributed by atoms with Gasteiger partial charge in [0.25, 0.3) is 0 Å². The molecule has 0 spiro atoms. The molecule has 3 nitrogen and oxygen atoms in total. The molecule has 0 heterocycles. The Balaban J connectivity index is 2.81. The van der Waals surface area contributed by atoms with E-state index in [1.54, 1.807) is 7.11 Å². The minimum Gasteiger partial charge on any atom is -0.496 e. The lowest BCUT2D eigenvalue weighted by atomic mass is 10.1. The predicted octanol–water partition coefficient (Wildman–Crippen LogP) is 1.86. The molecule has 0 atom stereocenters. The maximum Gasteiger partial charge on any atom is 0.184 e. The summed E-state index contributed by atoms with van der Waals surface area (Å²) >= 11 is 0. The van der Waals surface area contributed by atoms with Crippen molar-refractivity contribution in [2.24, 2.45) is 0 Å². The summed E-state index contributed by atoms with van der Waals surface area (Å²) in [6, 6.07) is 7.62. The van der Waals surface area contributed by atoms with Gasteiger partial charge in [0, 0.05) is 5.56 Å². The molecular weight excluding hydrogens is 166 g/mol. The van der Waals surface area contributed by atoms with Gasteiger partial charge >= 0.3 is 0 Å². The number of para-hydroxylation sites is 1. The fourth-order valence-electron chi connectivity index (χ4n) is 1.09. The van der Waals surface area contributed by atoms with Gasteiger partial charge in [-0.15, -0.1) is 0 Å². The van der Waals surface area contributed by atoms with Crippen molar-refractivity contribution in [2.75, 3.05) is 14.2 Å². The molecular formula is C10H13NO2. The van der Waals surface area contributed by atoms with Gasteiger partial charge in [0.2, 0.25) is 0 Å². The van der Waals surface area contributed by atoms with Crippen LogP contribution >= 0.6 is 0 Å². The summed E-state index contributed by atoms with van der Waals surface area (Å²) in [5, 5.41) is 7.37. The van der Waals surface area contributed by atoms with E-state index in [9.17, 15) is 0 Å². The molecule has 0 aliphatic rings. The monoisotopic (exact) mass is 179 g/mol. The second-order valence-corrected chi connectivity index (χ2v) is 2.62. The summed E-state index contributed by atoms with van der Waals surface area (Å²) in [6.07, 6.45) is 0.473. The third-order valence-electron chi connectivity index (χ3n) is 1.79. The predicted molar refractivity (Wildman–Crippen MR) is 51.4 cm³/mol. The molecule has 0 saturated heterocycles. The van der Waals surface area contributed by atoms with Crippen molar-refractivity contribution in [3.8, 4) is 5.75 Å². The molecule has 0 unspecified atom stereocenters. The highest BCUT2D eigenvalue weighted by atomic mass is 16.5. The van der Waals surface area contributed by atoms with Crippen molar-refractivity contribution in [1.29, 1.82) is 5.41 Å². The van der Waals surface area contributed by atoms with Crippen molar-refractivity contribution in [1.82, 2.24) is 0 Å². The van der Waals surface area contributed by atoms with Crippen LogP contribution in [0.3, 0.4) is 0 Å². The topological polar surface area (TPSA) is 42.3 Å². The van der Waals surface area contributed by atoms with E-state index >= 15 is 0 Å².